The Morgan fingerprint density at radius 1 is 1.19 bits per heavy atom. The predicted octanol–water partition coefficient (Wildman–Crippen LogP) is 2.56. The summed E-state index contributed by atoms with van der Waals surface area (Å²) in [5.41, 5.74) is 0. The Balaban J connectivity index is 0.00000400. The molecule has 1 aliphatic rings. The van der Waals surface area contributed by atoms with Crippen LogP contribution in [0.4, 0.5) is 4.79 Å². The fraction of sp³-hybridized carbons (Fsp3) is 0.857. The minimum absolute atomic E-state index is 0. The monoisotopic (exact) mass is 341 g/mol. The van der Waals surface area contributed by atoms with Crippen molar-refractivity contribution in [1.82, 2.24) is 5.32 Å². The first-order valence-corrected chi connectivity index (χ1v) is 11.1. The SMILES string of the molecule is C[Si](C)(C)CCOC(=O)NCC1CCC(C(=O)O)CC1.[Ca]. The van der Waals surface area contributed by atoms with E-state index in [0.717, 1.165) is 18.9 Å². The van der Waals surface area contributed by atoms with Crippen molar-refractivity contribution in [2.45, 2.75) is 51.4 Å². The van der Waals surface area contributed by atoms with Gasteiger partial charge >= 0.3 is 12.1 Å². The Labute approximate surface area is 158 Å². The van der Waals surface area contributed by atoms with Crippen LogP contribution in [-0.2, 0) is 9.53 Å². The number of hydrogen-bond donors (Lipinski definition) is 2. The largest absolute Gasteiger partial charge is 0.481 e. The van der Waals surface area contributed by atoms with Crippen LogP contribution in [0.3, 0.4) is 0 Å². The van der Waals surface area contributed by atoms with Gasteiger partial charge in [0.1, 0.15) is 0 Å². The second-order valence-electron chi connectivity index (χ2n) is 6.88. The van der Waals surface area contributed by atoms with Crippen LogP contribution in [0.1, 0.15) is 25.7 Å². The molecule has 0 aromatic rings. The second kappa shape index (κ2) is 10.1. The molecule has 0 aromatic carbocycles. The van der Waals surface area contributed by atoms with Crippen molar-refractivity contribution in [3.63, 3.8) is 0 Å². The first-order valence-electron chi connectivity index (χ1n) is 7.41. The standard InChI is InChI=1S/C14H27NO4Si.Ca/c1-20(2,3)9-8-19-14(18)15-10-11-4-6-12(7-5-11)13(16)17;/h11-12H,4-10H2,1-3H3,(H,15,18)(H,16,17);. The number of carbonyl (C=O) groups excluding carboxylic acids is 1. The van der Waals surface area contributed by atoms with Gasteiger partial charge in [-0.3, -0.25) is 4.79 Å². The summed E-state index contributed by atoms with van der Waals surface area (Å²) in [6.45, 7) is 7.82. The van der Waals surface area contributed by atoms with E-state index >= 15 is 0 Å². The van der Waals surface area contributed by atoms with Gasteiger partial charge in [0.25, 0.3) is 0 Å². The number of aliphatic carboxylic acids is 1. The van der Waals surface area contributed by atoms with E-state index in [-0.39, 0.29) is 49.7 Å². The molecule has 5 nitrogen and oxygen atoms in total. The minimum Gasteiger partial charge on any atom is -0.481 e. The molecule has 0 spiro atoms. The summed E-state index contributed by atoms with van der Waals surface area (Å²) < 4.78 is 5.16. The van der Waals surface area contributed by atoms with Gasteiger partial charge in [0, 0.05) is 52.4 Å². The molecular weight excluding hydrogens is 314 g/mol. The van der Waals surface area contributed by atoms with E-state index < -0.39 is 14.0 Å². The molecule has 1 aliphatic carbocycles. The average molecular weight is 342 g/mol. The van der Waals surface area contributed by atoms with Crippen molar-refractivity contribution in [2.75, 3.05) is 13.2 Å². The van der Waals surface area contributed by atoms with E-state index in [2.05, 4.69) is 25.0 Å². The topological polar surface area (TPSA) is 75.6 Å². The summed E-state index contributed by atoms with van der Waals surface area (Å²) in [5.74, 6) is -0.507. The number of hydrogen-bond acceptors (Lipinski definition) is 3. The third-order valence-electron chi connectivity index (χ3n) is 3.82. The zero-order chi connectivity index (χ0) is 15.2. The van der Waals surface area contributed by atoms with E-state index in [1.807, 2.05) is 0 Å². The maximum atomic E-state index is 11.5. The molecule has 118 valence electrons. The van der Waals surface area contributed by atoms with E-state index in [1.54, 1.807) is 0 Å². The van der Waals surface area contributed by atoms with Crippen LogP contribution >= 0.6 is 0 Å². The zero-order valence-corrected chi connectivity index (χ0v) is 16.7. The smallest absolute Gasteiger partial charge is 0.407 e. The summed E-state index contributed by atoms with van der Waals surface area (Å²) in [4.78, 5) is 22.4. The van der Waals surface area contributed by atoms with E-state index in [1.165, 1.54) is 0 Å². The minimum atomic E-state index is -1.16. The molecule has 2 N–H and O–H groups in total. The molecule has 0 bridgehead atoms. The summed E-state index contributed by atoms with van der Waals surface area (Å²) in [6.07, 6.45) is 2.82. The summed E-state index contributed by atoms with van der Waals surface area (Å²) in [5, 5.41) is 11.7. The molecule has 21 heavy (non-hydrogen) atoms. The van der Waals surface area contributed by atoms with E-state index in [4.69, 9.17) is 9.84 Å². The Bertz CT molecular complexity index is 338. The van der Waals surface area contributed by atoms with Crippen LogP contribution < -0.4 is 5.32 Å². The zero-order valence-electron chi connectivity index (χ0n) is 13.5. The van der Waals surface area contributed by atoms with Gasteiger partial charge in [-0.05, 0) is 37.6 Å². The number of ether oxygens (including phenoxy) is 1. The third kappa shape index (κ3) is 9.76. The van der Waals surface area contributed by atoms with Gasteiger partial charge in [-0.25, -0.2) is 4.79 Å². The fourth-order valence-electron chi connectivity index (χ4n) is 2.34. The number of carboxylic acids is 1. The van der Waals surface area contributed by atoms with Gasteiger partial charge in [-0.2, -0.15) is 0 Å². The molecule has 0 saturated heterocycles. The summed E-state index contributed by atoms with van der Waals surface area (Å²) in [6, 6.07) is 0.976. The Kier molecular flexibility index (Phi) is 10.2. The molecule has 0 heterocycles. The number of rotatable bonds is 6. The normalized spacial score (nSPS) is 22.0. The summed E-state index contributed by atoms with van der Waals surface area (Å²) in [7, 11) is -1.16. The van der Waals surface area contributed by atoms with Crippen LogP contribution in [0.2, 0.25) is 25.7 Å². The van der Waals surface area contributed by atoms with Crippen LogP contribution in [0, 0.1) is 11.8 Å². The third-order valence-corrected chi connectivity index (χ3v) is 5.52. The van der Waals surface area contributed by atoms with Gasteiger partial charge < -0.3 is 15.2 Å². The number of carbonyl (C=O) groups is 2. The molecule has 1 rings (SSSR count). The van der Waals surface area contributed by atoms with Gasteiger partial charge in [-0.15, -0.1) is 0 Å². The van der Waals surface area contributed by atoms with Crippen LogP contribution in [-0.4, -0.2) is 76.1 Å². The predicted molar refractivity (Wildman–Crippen MR) is 86.3 cm³/mol. The fourth-order valence-corrected chi connectivity index (χ4v) is 3.06. The van der Waals surface area contributed by atoms with Gasteiger partial charge in [0.15, 0.2) is 0 Å². The molecule has 1 saturated carbocycles. The van der Waals surface area contributed by atoms with E-state index in [0.29, 0.717) is 31.9 Å². The molecule has 0 aromatic heterocycles. The number of amides is 1. The molecule has 0 aliphatic heterocycles. The number of carboxylic acid groups (broad SMARTS) is 1. The molecule has 0 atom stereocenters. The molecule has 7 heteroatoms. The van der Waals surface area contributed by atoms with Crippen molar-refractivity contribution in [3.8, 4) is 0 Å². The van der Waals surface area contributed by atoms with Crippen molar-refractivity contribution in [1.29, 1.82) is 0 Å². The summed E-state index contributed by atoms with van der Waals surface area (Å²) >= 11 is 0. The quantitative estimate of drug-likeness (QED) is 0.728. The van der Waals surface area contributed by atoms with E-state index in [9.17, 15) is 9.59 Å². The van der Waals surface area contributed by atoms with Gasteiger partial charge in [0.05, 0.1) is 12.5 Å². The molecule has 1 amide bonds. The molecular formula is C14H27CaNO4Si. The average Bonchev–Trinajstić information content (AvgIpc) is 2.35. The van der Waals surface area contributed by atoms with Gasteiger partial charge in [0.2, 0.25) is 0 Å². The van der Waals surface area contributed by atoms with Crippen LogP contribution in [0.25, 0.3) is 0 Å². The molecule has 0 unspecified atom stereocenters. The van der Waals surface area contributed by atoms with Crippen molar-refractivity contribution >= 4 is 57.9 Å². The Morgan fingerprint density at radius 2 is 1.76 bits per heavy atom. The van der Waals surface area contributed by atoms with Crippen LogP contribution in [0.5, 0.6) is 0 Å². The maximum absolute atomic E-state index is 11.5. The maximum Gasteiger partial charge on any atom is 0.407 e. The second-order valence-corrected chi connectivity index (χ2v) is 12.5. The number of nitrogens with one attached hydrogen (secondary N) is 1. The first-order chi connectivity index (χ1) is 9.28. The van der Waals surface area contributed by atoms with Crippen molar-refractivity contribution < 1.29 is 19.4 Å². The molecule has 1 fully saturated rings. The Morgan fingerprint density at radius 3 is 2.24 bits per heavy atom. The molecule has 2 radical (unpaired) electrons. The van der Waals surface area contributed by atoms with Crippen molar-refractivity contribution in [2.24, 2.45) is 11.8 Å². The van der Waals surface area contributed by atoms with Crippen LogP contribution in [0.15, 0.2) is 0 Å². The van der Waals surface area contributed by atoms with Gasteiger partial charge in [-0.1, -0.05) is 19.6 Å². The van der Waals surface area contributed by atoms with Crippen molar-refractivity contribution in [3.05, 3.63) is 0 Å². The first kappa shape index (κ1) is 21.2. The number of alkyl carbamates (subject to hydrolysis) is 1. The Hall–Kier alpha value is 0.217.